The average molecular weight is 256 g/mol. The van der Waals surface area contributed by atoms with Gasteiger partial charge in [-0.3, -0.25) is 9.59 Å². The molecule has 0 fully saturated rings. The monoisotopic (exact) mass is 255 g/mol. The summed E-state index contributed by atoms with van der Waals surface area (Å²) >= 11 is 2.76. The van der Waals surface area contributed by atoms with Gasteiger partial charge >= 0.3 is 11.9 Å². The lowest BCUT2D eigenvalue weighted by Gasteiger charge is -2.09. The number of halogens is 1. The zero-order chi connectivity index (χ0) is 10.4. The third-order valence-corrected chi connectivity index (χ3v) is 1.80. The van der Waals surface area contributed by atoms with Crippen molar-refractivity contribution < 1.29 is 24.5 Å². The van der Waals surface area contributed by atoms with Gasteiger partial charge < -0.3 is 20.7 Å². The molecule has 7 heteroatoms. The molecule has 0 saturated carbocycles. The van der Waals surface area contributed by atoms with Gasteiger partial charge in [0.2, 0.25) is 0 Å². The number of alkyl halides is 1. The Morgan fingerprint density at radius 2 is 2.08 bits per heavy atom. The fourth-order valence-corrected chi connectivity index (χ4v) is 0.540. The number of carbonyl (C=O) groups is 2. The number of hydrogen-bond donors (Lipinski definition) is 3. The second-order valence-electron chi connectivity index (χ2n) is 2.22. The van der Waals surface area contributed by atoms with Gasteiger partial charge in [-0.05, 0) is 0 Å². The number of carbonyl (C=O) groups excluding carboxylic acids is 1. The third-order valence-electron chi connectivity index (χ3n) is 1.14. The van der Waals surface area contributed by atoms with E-state index in [2.05, 4.69) is 20.7 Å². The number of esters is 1. The highest BCUT2D eigenvalue weighted by atomic mass is 79.9. The van der Waals surface area contributed by atoms with E-state index < -0.39 is 29.4 Å². The van der Waals surface area contributed by atoms with Crippen LogP contribution >= 0.6 is 15.9 Å². The number of aliphatic carboxylic acids is 1. The molecule has 0 aliphatic rings. The van der Waals surface area contributed by atoms with Crippen molar-refractivity contribution in [2.24, 2.45) is 5.73 Å². The fourth-order valence-electron chi connectivity index (χ4n) is 0.408. The molecule has 0 heterocycles. The van der Waals surface area contributed by atoms with Gasteiger partial charge in [-0.2, -0.15) is 0 Å². The van der Waals surface area contributed by atoms with Gasteiger partial charge in [0, 0.05) is 0 Å². The summed E-state index contributed by atoms with van der Waals surface area (Å²) < 4.78 is 4.47. The minimum atomic E-state index is -1.13. The first-order valence-electron chi connectivity index (χ1n) is 3.39. The molecule has 4 N–H and O–H groups in total. The van der Waals surface area contributed by atoms with E-state index in [1.807, 2.05) is 0 Å². The van der Waals surface area contributed by atoms with Crippen LogP contribution in [-0.2, 0) is 14.3 Å². The number of rotatable bonds is 5. The summed E-state index contributed by atoms with van der Waals surface area (Å²) in [5, 5.41) is 16.8. The van der Waals surface area contributed by atoms with E-state index in [0.717, 1.165) is 0 Å². The Hall–Kier alpha value is -0.660. The SMILES string of the molecule is N[C@@H](CO)C(=O)OC[C@H](Br)C(=O)O. The minimum absolute atomic E-state index is 0.318. The number of aliphatic hydroxyl groups is 1. The van der Waals surface area contributed by atoms with Crippen molar-refractivity contribution in [2.75, 3.05) is 13.2 Å². The van der Waals surface area contributed by atoms with Crippen LogP contribution in [-0.4, -0.2) is 46.2 Å². The van der Waals surface area contributed by atoms with Crippen LogP contribution in [0.1, 0.15) is 0 Å². The predicted molar refractivity (Wildman–Crippen MR) is 46.4 cm³/mol. The minimum Gasteiger partial charge on any atom is -0.480 e. The molecule has 0 saturated heterocycles. The van der Waals surface area contributed by atoms with E-state index in [0.29, 0.717) is 0 Å². The first kappa shape index (κ1) is 12.3. The molecular weight excluding hydrogens is 246 g/mol. The largest absolute Gasteiger partial charge is 0.480 e. The summed E-state index contributed by atoms with van der Waals surface area (Å²) in [6.45, 7) is -0.847. The quantitative estimate of drug-likeness (QED) is 0.416. The van der Waals surface area contributed by atoms with Crippen molar-refractivity contribution in [1.82, 2.24) is 0 Å². The van der Waals surface area contributed by atoms with Gasteiger partial charge in [-0.1, -0.05) is 15.9 Å². The van der Waals surface area contributed by atoms with E-state index in [9.17, 15) is 9.59 Å². The summed E-state index contributed by atoms with van der Waals surface area (Å²) in [4.78, 5) is 20.1. The normalized spacial score (nSPS) is 14.7. The maximum Gasteiger partial charge on any atom is 0.325 e. The van der Waals surface area contributed by atoms with Crippen molar-refractivity contribution in [3.05, 3.63) is 0 Å². The van der Waals surface area contributed by atoms with Crippen molar-refractivity contribution in [3.8, 4) is 0 Å². The lowest BCUT2D eigenvalue weighted by atomic mass is 10.3. The molecular formula is C6H10BrNO5. The molecule has 0 unspecified atom stereocenters. The molecule has 13 heavy (non-hydrogen) atoms. The topological polar surface area (TPSA) is 110 Å². The molecule has 0 aliphatic carbocycles. The number of aliphatic hydroxyl groups excluding tert-OH is 1. The standard InChI is InChI=1S/C6H10BrNO5/c7-3(5(10)11)2-13-6(12)4(8)1-9/h3-4,9H,1-2,8H2,(H,10,11)/t3-,4-/m0/s1. The van der Waals surface area contributed by atoms with Gasteiger partial charge in [-0.25, -0.2) is 0 Å². The van der Waals surface area contributed by atoms with Gasteiger partial charge in [0.1, 0.15) is 17.5 Å². The molecule has 6 nitrogen and oxygen atoms in total. The van der Waals surface area contributed by atoms with E-state index >= 15 is 0 Å². The van der Waals surface area contributed by atoms with Crippen LogP contribution in [0, 0.1) is 0 Å². The Labute approximate surface area is 82.8 Å². The first-order valence-corrected chi connectivity index (χ1v) is 4.30. The van der Waals surface area contributed by atoms with E-state index in [1.165, 1.54) is 0 Å². The van der Waals surface area contributed by atoms with Crippen molar-refractivity contribution in [1.29, 1.82) is 0 Å². The smallest absolute Gasteiger partial charge is 0.325 e. The Morgan fingerprint density at radius 3 is 2.46 bits per heavy atom. The molecule has 0 spiro atoms. The summed E-state index contributed by atoms with van der Waals surface area (Å²) in [6, 6.07) is -1.12. The van der Waals surface area contributed by atoms with Gasteiger partial charge in [0.15, 0.2) is 0 Å². The van der Waals surface area contributed by atoms with Crippen LogP contribution in [0.3, 0.4) is 0 Å². The molecule has 0 aromatic rings. The molecule has 0 bridgehead atoms. The van der Waals surface area contributed by atoms with E-state index in [1.54, 1.807) is 0 Å². The number of nitrogens with two attached hydrogens (primary N) is 1. The van der Waals surface area contributed by atoms with Crippen LogP contribution in [0.5, 0.6) is 0 Å². The second kappa shape index (κ2) is 5.90. The van der Waals surface area contributed by atoms with Crippen LogP contribution in [0.4, 0.5) is 0 Å². The van der Waals surface area contributed by atoms with Crippen LogP contribution in [0.25, 0.3) is 0 Å². The molecule has 2 atom stereocenters. The zero-order valence-corrected chi connectivity index (χ0v) is 8.23. The Morgan fingerprint density at radius 1 is 1.54 bits per heavy atom. The molecule has 0 aromatic carbocycles. The van der Waals surface area contributed by atoms with E-state index in [-0.39, 0.29) is 6.61 Å². The lowest BCUT2D eigenvalue weighted by Crippen LogP contribution is -2.37. The van der Waals surface area contributed by atoms with Crippen LogP contribution < -0.4 is 5.73 Å². The Balaban J connectivity index is 3.76. The number of carboxylic acid groups (broad SMARTS) is 1. The highest BCUT2D eigenvalue weighted by molar-refractivity contribution is 9.10. The van der Waals surface area contributed by atoms with Crippen molar-refractivity contribution in [2.45, 2.75) is 10.9 Å². The maximum atomic E-state index is 10.8. The summed E-state index contributed by atoms with van der Waals surface area (Å²) in [7, 11) is 0. The Kier molecular flexibility index (Phi) is 5.60. The maximum absolute atomic E-state index is 10.8. The highest BCUT2D eigenvalue weighted by Gasteiger charge is 2.18. The predicted octanol–water partition coefficient (Wildman–Crippen LogP) is -1.30. The van der Waals surface area contributed by atoms with Crippen LogP contribution in [0.2, 0.25) is 0 Å². The van der Waals surface area contributed by atoms with Crippen LogP contribution in [0.15, 0.2) is 0 Å². The molecule has 0 radical (unpaired) electrons. The summed E-state index contributed by atoms with van der Waals surface area (Å²) in [5.41, 5.74) is 5.09. The summed E-state index contributed by atoms with van der Waals surface area (Å²) in [6.07, 6.45) is 0. The van der Waals surface area contributed by atoms with Crippen molar-refractivity contribution in [3.63, 3.8) is 0 Å². The summed E-state index contributed by atoms with van der Waals surface area (Å²) in [5.74, 6) is -1.96. The zero-order valence-electron chi connectivity index (χ0n) is 6.64. The van der Waals surface area contributed by atoms with Gasteiger partial charge in [0.25, 0.3) is 0 Å². The number of hydrogen-bond acceptors (Lipinski definition) is 5. The molecule has 0 aromatic heterocycles. The van der Waals surface area contributed by atoms with E-state index in [4.69, 9.17) is 15.9 Å². The first-order chi connectivity index (χ1) is 5.99. The number of ether oxygens (including phenoxy) is 1. The third kappa shape index (κ3) is 4.81. The lowest BCUT2D eigenvalue weighted by molar-refractivity contribution is -0.147. The highest BCUT2D eigenvalue weighted by Crippen LogP contribution is 2.00. The average Bonchev–Trinajstić information content (AvgIpc) is 2.11. The van der Waals surface area contributed by atoms with Gasteiger partial charge in [-0.15, -0.1) is 0 Å². The molecule has 0 aliphatic heterocycles. The molecule has 76 valence electrons. The molecule has 0 amide bonds. The fraction of sp³-hybridized carbons (Fsp3) is 0.667. The Bertz CT molecular complexity index is 197. The second-order valence-corrected chi connectivity index (χ2v) is 3.33. The van der Waals surface area contributed by atoms with Gasteiger partial charge in [0.05, 0.1) is 6.61 Å². The van der Waals surface area contributed by atoms with Crippen molar-refractivity contribution >= 4 is 27.9 Å². The molecule has 0 rings (SSSR count). The number of carboxylic acids is 1.